The lowest BCUT2D eigenvalue weighted by Gasteiger charge is -2.37. The predicted octanol–water partition coefficient (Wildman–Crippen LogP) is 0.909. The van der Waals surface area contributed by atoms with Gasteiger partial charge in [-0.3, -0.25) is 0 Å². The summed E-state index contributed by atoms with van der Waals surface area (Å²) >= 11 is 0. The Bertz CT molecular complexity index is 1030. The Labute approximate surface area is 193 Å². The first-order valence-corrected chi connectivity index (χ1v) is 11.6. The first-order chi connectivity index (χ1) is 16.0. The number of urea groups is 1. The number of nitrogens with one attached hydrogen (secondary N) is 1. The van der Waals surface area contributed by atoms with Gasteiger partial charge in [0.25, 0.3) is 0 Å². The molecule has 5 heterocycles. The molecule has 176 valence electrons. The normalized spacial score (nSPS) is 22.5. The van der Waals surface area contributed by atoms with Crippen LogP contribution in [0.1, 0.15) is 25.8 Å². The van der Waals surface area contributed by atoms with Crippen LogP contribution in [0.2, 0.25) is 0 Å². The molecular weight excluding hydrogens is 422 g/mol. The molecule has 0 bridgehead atoms. The van der Waals surface area contributed by atoms with Gasteiger partial charge in [0, 0.05) is 62.8 Å². The van der Waals surface area contributed by atoms with Gasteiger partial charge in [0.2, 0.25) is 11.9 Å². The molecule has 2 aromatic heterocycles. The number of rotatable bonds is 4. The summed E-state index contributed by atoms with van der Waals surface area (Å²) in [6.07, 6.45) is 5.17. The first-order valence-electron chi connectivity index (χ1n) is 11.6. The number of carbonyl (C=O) groups excluding carboxylic acids is 1. The number of hydrogen-bond acceptors (Lipinski definition) is 9. The largest absolute Gasteiger partial charge is 0.378 e. The molecule has 2 fully saturated rings. The highest BCUT2D eigenvalue weighted by Gasteiger charge is 2.44. The molecule has 5 rings (SSSR count). The molecule has 0 unspecified atom stereocenters. The molecule has 1 atom stereocenters. The third kappa shape index (κ3) is 4.01. The van der Waals surface area contributed by atoms with Crippen molar-refractivity contribution in [3.8, 4) is 11.3 Å². The van der Waals surface area contributed by atoms with Crippen LogP contribution in [0.25, 0.3) is 11.3 Å². The molecule has 11 heteroatoms. The number of hydrogen-bond donors (Lipinski definition) is 2. The van der Waals surface area contributed by atoms with Crippen molar-refractivity contribution in [3.05, 3.63) is 18.0 Å². The maximum Gasteiger partial charge on any atom is 0.317 e. The number of amides is 2. The SMILES string of the molecule is CCNC(=O)N1CC[C@](C)(N2CCc3c(-c4cnc(N)nc4)nc(N4CCOCC4)nc32)C1. The van der Waals surface area contributed by atoms with Crippen LogP contribution in [-0.4, -0.2) is 88.9 Å². The molecular formula is C22H31N9O2. The molecule has 3 N–H and O–H groups in total. The van der Waals surface area contributed by atoms with Gasteiger partial charge in [-0.2, -0.15) is 4.98 Å². The summed E-state index contributed by atoms with van der Waals surface area (Å²) in [5.74, 6) is 1.87. The van der Waals surface area contributed by atoms with Crippen LogP contribution < -0.4 is 20.9 Å². The highest BCUT2D eigenvalue weighted by molar-refractivity contribution is 5.76. The van der Waals surface area contributed by atoms with Gasteiger partial charge in [-0.15, -0.1) is 0 Å². The van der Waals surface area contributed by atoms with E-state index in [1.54, 1.807) is 12.4 Å². The molecule has 11 nitrogen and oxygen atoms in total. The minimum atomic E-state index is -0.193. The van der Waals surface area contributed by atoms with Crippen LogP contribution in [-0.2, 0) is 11.2 Å². The van der Waals surface area contributed by atoms with Crippen molar-refractivity contribution >= 4 is 23.7 Å². The maximum atomic E-state index is 12.4. The van der Waals surface area contributed by atoms with Crippen molar-refractivity contribution in [1.82, 2.24) is 30.2 Å². The number of anilines is 3. The Morgan fingerprint density at radius 1 is 1.18 bits per heavy atom. The van der Waals surface area contributed by atoms with Crippen molar-refractivity contribution in [2.45, 2.75) is 32.2 Å². The van der Waals surface area contributed by atoms with E-state index in [1.807, 2.05) is 11.8 Å². The Morgan fingerprint density at radius 2 is 1.94 bits per heavy atom. The second kappa shape index (κ2) is 8.62. The van der Waals surface area contributed by atoms with Gasteiger partial charge < -0.3 is 30.5 Å². The van der Waals surface area contributed by atoms with Gasteiger partial charge in [0.1, 0.15) is 5.82 Å². The standard InChI is InChI=1S/C22H31N9O2/c1-3-24-21(32)30-7-5-22(2,14-30)31-6-4-16-17(15-12-25-19(23)26-13-15)27-20(28-18(16)31)29-8-10-33-11-9-29/h12-13H,3-11,14H2,1-2H3,(H,24,32)(H2,23,25,26)/t22-/m0/s1. The van der Waals surface area contributed by atoms with E-state index in [0.29, 0.717) is 32.3 Å². The van der Waals surface area contributed by atoms with Gasteiger partial charge in [-0.1, -0.05) is 0 Å². The van der Waals surface area contributed by atoms with E-state index in [0.717, 1.165) is 61.7 Å². The van der Waals surface area contributed by atoms with Crippen LogP contribution in [0.4, 0.5) is 22.5 Å². The quantitative estimate of drug-likeness (QED) is 0.695. The Hall–Kier alpha value is -3.21. The predicted molar refractivity (Wildman–Crippen MR) is 125 cm³/mol. The number of nitrogen functional groups attached to an aromatic ring is 1. The second-order valence-electron chi connectivity index (χ2n) is 9.01. The molecule has 0 spiro atoms. The zero-order valence-electron chi connectivity index (χ0n) is 19.3. The van der Waals surface area contributed by atoms with E-state index in [1.165, 1.54) is 0 Å². The Balaban J connectivity index is 1.53. The smallest absolute Gasteiger partial charge is 0.317 e. The summed E-state index contributed by atoms with van der Waals surface area (Å²) in [5, 5.41) is 2.92. The lowest BCUT2D eigenvalue weighted by Crippen LogP contribution is -2.50. The minimum Gasteiger partial charge on any atom is -0.378 e. The molecule has 0 aliphatic carbocycles. The molecule has 0 aromatic carbocycles. The van der Waals surface area contributed by atoms with E-state index in [2.05, 4.69) is 32.0 Å². The second-order valence-corrected chi connectivity index (χ2v) is 9.01. The lowest BCUT2D eigenvalue weighted by molar-refractivity contribution is 0.122. The third-order valence-electron chi connectivity index (χ3n) is 6.77. The molecule has 3 aliphatic rings. The summed E-state index contributed by atoms with van der Waals surface area (Å²) < 4.78 is 5.53. The number of likely N-dealkylation sites (tertiary alicyclic amines) is 1. The number of carbonyl (C=O) groups is 1. The molecule has 0 saturated carbocycles. The Kier molecular flexibility index (Phi) is 5.65. The van der Waals surface area contributed by atoms with Crippen LogP contribution in [0.5, 0.6) is 0 Å². The fourth-order valence-corrected chi connectivity index (χ4v) is 4.97. The van der Waals surface area contributed by atoms with Crippen LogP contribution in [0, 0.1) is 0 Å². The summed E-state index contributed by atoms with van der Waals surface area (Å²) in [7, 11) is 0. The summed E-state index contributed by atoms with van der Waals surface area (Å²) in [6, 6.07) is -0.00273. The number of fused-ring (bicyclic) bond motifs is 1. The van der Waals surface area contributed by atoms with Crippen LogP contribution >= 0.6 is 0 Å². The van der Waals surface area contributed by atoms with Crippen molar-refractivity contribution in [2.24, 2.45) is 0 Å². The number of aromatic nitrogens is 4. The maximum absolute atomic E-state index is 12.4. The fraction of sp³-hybridized carbons (Fsp3) is 0.591. The van der Waals surface area contributed by atoms with Crippen molar-refractivity contribution in [1.29, 1.82) is 0 Å². The zero-order chi connectivity index (χ0) is 23.0. The van der Waals surface area contributed by atoms with E-state index in [9.17, 15) is 4.79 Å². The van der Waals surface area contributed by atoms with Gasteiger partial charge >= 0.3 is 6.03 Å². The molecule has 2 saturated heterocycles. The van der Waals surface area contributed by atoms with E-state index in [-0.39, 0.29) is 17.5 Å². The first kappa shape index (κ1) is 21.6. The third-order valence-corrected chi connectivity index (χ3v) is 6.77. The lowest BCUT2D eigenvalue weighted by atomic mass is 9.99. The van der Waals surface area contributed by atoms with E-state index in [4.69, 9.17) is 20.4 Å². The Morgan fingerprint density at radius 3 is 2.67 bits per heavy atom. The zero-order valence-corrected chi connectivity index (χ0v) is 19.3. The van der Waals surface area contributed by atoms with E-state index >= 15 is 0 Å². The summed E-state index contributed by atoms with van der Waals surface area (Å²) in [5.41, 5.74) is 8.31. The highest BCUT2D eigenvalue weighted by atomic mass is 16.5. The fourth-order valence-electron chi connectivity index (χ4n) is 4.97. The van der Waals surface area contributed by atoms with Crippen LogP contribution in [0.3, 0.4) is 0 Å². The average molecular weight is 454 g/mol. The van der Waals surface area contributed by atoms with Gasteiger partial charge in [0.05, 0.1) is 24.4 Å². The molecule has 2 aromatic rings. The van der Waals surface area contributed by atoms with E-state index < -0.39 is 0 Å². The van der Waals surface area contributed by atoms with Gasteiger partial charge in [0.15, 0.2) is 0 Å². The molecule has 2 amide bonds. The highest BCUT2D eigenvalue weighted by Crippen LogP contribution is 2.41. The molecule has 0 radical (unpaired) electrons. The number of nitrogens with zero attached hydrogens (tertiary/aromatic N) is 7. The van der Waals surface area contributed by atoms with Crippen LogP contribution in [0.15, 0.2) is 12.4 Å². The summed E-state index contributed by atoms with van der Waals surface area (Å²) in [6.45, 7) is 9.83. The number of morpholine rings is 1. The summed E-state index contributed by atoms with van der Waals surface area (Å²) in [4.78, 5) is 37.3. The number of ether oxygens (including phenoxy) is 1. The van der Waals surface area contributed by atoms with Crippen molar-refractivity contribution < 1.29 is 9.53 Å². The topological polar surface area (TPSA) is 126 Å². The van der Waals surface area contributed by atoms with Crippen molar-refractivity contribution in [2.75, 3.05) is 68.0 Å². The van der Waals surface area contributed by atoms with Gasteiger partial charge in [-0.05, 0) is 26.7 Å². The van der Waals surface area contributed by atoms with Gasteiger partial charge in [-0.25, -0.2) is 19.7 Å². The molecule has 33 heavy (non-hydrogen) atoms. The van der Waals surface area contributed by atoms with Crippen molar-refractivity contribution in [3.63, 3.8) is 0 Å². The minimum absolute atomic E-state index is 0.00273. The monoisotopic (exact) mass is 453 g/mol. The average Bonchev–Trinajstić information content (AvgIpc) is 3.45. The molecule has 3 aliphatic heterocycles. The number of nitrogens with two attached hydrogens (primary N) is 1.